The van der Waals surface area contributed by atoms with E-state index in [9.17, 15) is 14.4 Å². The predicted molar refractivity (Wildman–Crippen MR) is 316 cm³/mol. The van der Waals surface area contributed by atoms with E-state index in [2.05, 4.69) is 112 Å². The van der Waals surface area contributed by atoms with Crippen molar-refractivity contribution in [3.05, 3.63) is 97.2 Å². The largest absolute Gasteiger partial charge is 0.462 e. The van der Waals surface area contributed by atoms with Crippen LogP contribution in [-0.2, 0) is 28.6 Å². The van der Waals surface area contributed by atoms with E-state index in [0.717, 1.165) is 89.9 Å². The number of hydrogen-bond donors (Lipinski definition) is 0. The number of esters is 3. The maximum atomic E-state index is 12.8. The molecule has 0 amide bonds. The zero-order chi connectivity index (χ0) is 52.9. The first-order valence-corrected chi connectivity index (χ1v) is 30.7. The standard InChI is InChI=1S/C67H114O6/c1-4-7-10-13-16-19-22-24-26-28-30-31-32-33-34-35-37-38-40-42-45-48-51-54-57-60-66(69)72-63-64(62-71-65(68)59-56-53-50-47-44-21-18-15-12-9-6-3)73-67(70)61-58-55-52-49-46-43-41-39-36-29-27-25-23-20-17-14-11-8-5-2/h8,11,15,17-18,20,25,27-28,30,36,39,43,46,52,55,64H,4-7,9-10,12-14,16,19,21-24,26,29,31-35,37-38,40-42,44-45,47-51,53-54,56-63H2,1-3H3/b11-8-,18-15-,20-17-,27-25-,30-28-,39-36-,46-43-,55-52-. The Morgan fingerprint density at radius 1 is 0.288 bits per heavy atom. The lowest BCUT2D eigenvalue weighted by Crippen LogP contribution is -2.30. The zero-order valence-electron chi connectivity index (χ0n) is 47.9. The van der Waals surface area contributed by atoms with Crippen molar-refractivity contribution in [1.82, 2.24) is 0 Å². The Kier molecular flexibility index (Phi) is 57.8. The van der Waals surface area contributed by atoms with Gasteiger partial charge in [-0.3, -0.25) is 14.4 Å². The van der Waals surface area contributed by atoms with Gasteiger partial charge in [0.05, 0.1) is 0 Å². The maximum Gasteiger partial charge on any atom is 0.306 e. The molecule has 0 aliphatic rings. The summed E-state index contributed by atoms with van der Waals surface area (Å²) in [5, 5.41) is 0. The molecule has 0 aromatic rings. The highest BCUT2D eigenvalue weighted by Gasteiger charge is 2.19. The molecule has 0 N–H and O–H groups in total. The Balaban J connectivity index is 4.35. The first kappa shape index (κ1) is 69.3. The van der Waals surface area contributed by atoms with E-state index >= 15 is 0 Å². The van der Waals surface area contributed by atoms with E-state index in [4.69, 9.17) is 14.2 Å². The lowest BCUT2D eigenvalue weighted by Gasteiger charge is -2.18. The summed E-state index contributed by atoms with van der Waals surface area (Å²) >= 11 is 0. The molecule has 73 heavy (non-hydrogen) atoms. The van der Waals surface area contributed by atoms with Crippen LogP contribution in [0.3, 0.4) is 0 Å². The molecular weight excluding hydrogens is 901 g/mol. The normalized spacial score (nSPS) is 12.8. The number of carbonyl (C=O) groups excluding carboxylic acids is 3. The van der Waals surface area contributed by atoms with Gasteiger partial charge in [-0.1, -0.05) is 266 Å². The van der Waals surface area contributed by atoms with Crippen LogP contribution >= 0.6 is 0 Å². The number of carbonyl (C=O) groups is 3. The minimum atomic E-state index is -0.822. The molecule has 0 bridgehead atoms. The van der Waals surface area contributed by atoms with E-state index in [-0.39, 0.29) is 31.6 Å². The van der Waals surface area contributed by atoms with Crippen molar-refractivity contribution in [3.63, 3.8) is 0 Å². The molecule has 0 heterocycles. The van der Waals surface area contributed by atoms with Crippen molar-refractivity contribution < 1.29 is 28.6 Å². The highest BCUT2D eigenvalue weighted by atomic mass is 16.6. The molecule has 0 fully saturated rings. The van der Waals surface area contributed by atoms with E-state index < -0.39 is 12.1 Å². The number of ether oxygens (including phenoxy) is 3. The maximum absolute atomic E-state index is 12.8. The van der Waals surface area contributed by atoms with Crippen LogP contribution in [0.1, 0.15) is 290 Å². The van der Waals surface area contributed by atoms with E-state index in [1.165, 1.54) is 154 Å². The summed E-state index contributed by atoms with van der Waals surface area (Å²) in [6.07, 6.45) is 81.5. The third-order valence-corrected chi connectivity index (χ3v) is 13.1. The lowest BCUT2D eigenvalue weighted by molar-refractivity contribution is -0.166. The molecule has 1 unspecified atom stereocenters. The third-order valence-electron chi connectivity index (χ3n) is 13.1. The van der Waals surface area contributed by atoms with Gasteiger partial charge in [0, 0.05) is 19.3 Å². The Bertz CT molecular complexity index is 1440. The summed E-state index contributed by atoms with van der Waals surface area (Å²) < 4.78 is 16.8. The minimum absolute atomic E-state index is 0.110. The average Bonchev–Trinajstić information content (AvgIpc) is 3.39. The van der Waals surface area contributed by atoms with Gasteiger partial charge in [-0.15, -0.1) is 0 Å². The Hall–Kier alpha value is -3.67. The molecule has 0 aromatic heterocycles. The fourth-order valence-corrected chi connectivity index (χ4v) is 8.45. The van der Waals surface area contributed by atoms with Crippen LogP contribution in [0, 0.1) is 0 Å². The van der Waals surface area contributed by atoms with Gasteiger partial charge >= 0.3 is 17.9 Å². The molecule has 0 aliphatic carbocycles. The highest BCUT2D eigenvalue weighted by Crippen LogP contribution is 2.16. The van der Waals surface area contributed by atoms with Crippen molar-refractivity contribution in [1.29, 1.82) is 0 Å². The molecule has 418 valence electrons. The summed E-state index contributed by atoms with van der Waals surface area (Å²) in [4.78, 5) is 38.1. The molecule has 0 saturated carbocycles. The van der Waals surface area contributed by atoms with Gasteiger partial charge in [0.15, 0.2) is 6.10 Å². The first-order valence-electron chi connectivity index (χ1n) is 30.7. The third kappa shape index (κ3) is 59.1. The van der Waals surface area contributed by atoms with Crippen molar-refractivity contribution in [2.75, 3.05) is 13.2 Å². The van der Waals surface area contributed by atoms with E-state index in [0.29, 0.717) is 19.3 Å². The number of hydrogen-bond acceptors (Lipinski definition) is 6. The molecule has 0 spiro atoms. The SMILES string of the molecule is CC/C=C\C/C=C\C/C=C\C/C=C\C/C=C\C/C=C\CCC(=O)OC(COC(=O)CCCCCCC/C=C\CCCC)COC(=O)CCCCCCCCCCCCCCC/C=C\CCCCCCCCCC. The van der Waals surface area contributed by atoms with Crippen LogP contribution in [0.5, 0.6) is 0 Å². The summed E-state index contributed by atoms with van der Waals surface area (Å²) in [6.45, 7) is 6.43. The quantitative estimate of drug-likeness (QED) is 0.0261. The fourth-order valence-electron chi connectivity index (χ4n) is 8.45. The molecule has 0 aliphatic heterocycles. The second-order valence-electron chi connectivity index (χ2n) is 20.2. The molecule has 6 heteroatoms. The topological polar surface area (TPSA) is 78.9 Å². The van der Waals surface area contributed by atoms with Crippen LogP contribution in [0.15, 0.2) is 97.2 Å². The van der Waals surface area contributed by atoms with Crippen molar-refractivity contribution in [2.45, 2.75) is 297 Å². The molecule has 0 aromatic carbocycles. The van der Waals surface area contributed by atoms with Gasteiger partial charge < -0.3 is 14.2 Å². The Morgan fingerprint density at radius 2 is 0.575 bits per heavy atom. The monoisotopic (exact) mass is 1010 g/mol. The zero-order valence-corrected chi connectivity index (χ0v) is 47.9. The van der Waals surface area contributed by atoms with Crippen molar-refractivity contribution in [2.24, 2.45) is 0 Å². The van der Waals surface area contributed by atoms with Gasteiger partial charge in [0.2, 0.25) is 0 Å². The predicted octanol–water partition coefficient (Wildman–Crippen LogP) is 20.9. The van der Waals surface area contributed by atoms with Gasteiger partial charge in [-0.2, -0.15) is 0 Å². The van der Waals surface area contributed by atoms with Crippen LogP contribution in [-0.4, -0.2) is 37.2 Å². The van der Waals surface area contributed by atoms with Crippen LogP contribution in [0.2, 0.25) is 0 Å². The Morgan fingerprint density at radius 3 is 0.932 bits per heavy atom. The van der Waals surface area contributed by atoms with Gasteiger partial charge in [-0.05, 0) is 103 Å². The number of unbranched alkanes of at least 4 members (excludes halogenated alkanes) is 28. The molecule has 1 atom stereocenters. The van der Waals surface area contributed by atoms with Crippen LogP contribution < -0.4 is 0 Å². The average molecular weight is 1020 g/mol. The summed E-state index contributed by atoms with van der Waals surface area (Å²) in [6, 6.07) is 0. The molecule has 0 rings (SSSR count). The minimum Gasteiger partial charge on any atom is -0.462 e. The van der Waals surface area contributed by atoms with Gasteiger partial charge in [0.1, 0.15) is 13.2 Å². The van der Waals surface area contributed by atoms with Crippen LogP contribution in [0.25, 0.3) is 0 Å². The fraction of sp³-hybridized carbons (Fsp3) is 0.716. The molecule has 6 nitrogen and oxygen atoms in total. The van der Waals surface area contributed by atoms with Gasteiger partial charge in [-0.25, -0.2) is 0 Å². The second kappa shape index (κ2) is 60.9. The number of rotatable bonds is 55. The lowest BCUT2D eigenvalue weighted by atomic mass is 10.0. The van der Waals surface area contributed by atoms with Crippen molar-refractivity contribution in [3.8, 4) is 0 Å². The molecule has 0 radical (unpaired) electrons. The van der Waals surface area contributed by atoms with Crippen LogP contribution in [0.4, 0.5) is 0 Å². The smallest absolute Gasteiger partial charge is 0.306 e. The van der Waals surface area contributed by atoms with E-state index in [1.807, 2.05) is 6.08 Å². The highest BCUT2D eigenvalue weighted by molar-refractivity contribution is 5.71. The molecule has 0 saturated heterocycles. The van der Waals surface area contributed by atoms with E-state index in [1.54, 1.807) is 0 Å². The molecular formula is C67H114O6. The summed E-state index contributed by atoms with van der Waals surface area (Å²) in [5.74, 6) is -1.00. The summed E-state index contributed by atoms with van der Waals surface area (Å²) in [5.41, 5.74) is 0. The first-order chi connectivity index (χ1) is 36.0. The number of allylic oxidation sites excluding steroid dienone is 16. The van der Waals surface area contributed by atoms with Gasteiger partial charge in [0.25, 0.3) is 0 Å². The second-order valence-corrected chi connectivity index (χ2v) is 20.2. The van der Waals surface area contributed by atoms with Crippen molar-refractivity contribution >= 4 is 17.9 Å². The Labute approximate surface area is 451 Å². The summed E-state index contributed by atoms with van der Waals surface area (Å²) in [7, 11) is 0.